The average Bonchev–Trinajstić information content (AvgIpc) is 2.97. The van der Waals surface area contributed by atoms with Crippen molar-refractivity contribution in [1.82, 2.24) is 10.6 Å². The third kappa shape index (κ3) is 4.15. The van der Waals surface area contributed by atoms with Crippen LogP contribution in [0.2, 0.25) is 0 Å². The Morgan fingerprint density at radius 3 is 2.75 bits per heavy atom. The van der Waals surface area contributed by atoms with Crippen molar-refractivity contribution >= 4 is 34.2 Å². The molecule has 1 fully saturated rings. The molecule has 8 heteroatoms. The Balaban J connectivity index is 0.00000208. The molecule has 2 heterocycles. The molecule has 1 aliphatic heterocycles. The molecule has 3 rings (SSSR count). The fourth-order valence-electron chi connectivity index (χ4n) is 2.83. The zero-order chi connectivity index (χ0) is 16.4. The van der Waals surface area contributed by atoms with Crippen LogP contribution >= 0.6 is 28.3 Å². The summed E-state index contributed by atoms with van der Waals surface area (Å²) in [6.07, 6.45) is 2.09. The van der Waals surface area contributed by atoms with E-state index in [9.17, 15) is 13.6 Å². The Kier molecular flexibility index (Phi) is 6.37. The Morgan fingerprint density at radius 2 is 2.08 bits per heavy atom. The smallest absolute Gasteiger partial charge is 0.254 e. The van der Waals surface area contributed by atoms with E-state index in [4.69, 9.17) is 4.42 Å². The third-order valence-electron chi connectivity index (χ3n) is 4.00. The van der Waals surface area contributed by atoms with Crippen LogP contribution in [0.15, 0.2) is 39.6 Å². The second-order valence-electron chi connectivity index (χ2n) is 5.49. The van der Waals surface area contributed by atoms with E-state index in [2.05, 4.69) is 26.6 Å². The maximum absolute atomic E-state index is 13.5. The molecule has 2 unspecified atom stereocenters. The van der Waals surface area contributed by atoms with Gasteiger partial charge in [-0.05, 0) is 46.6 Å². The van der Waals surface area contributed by atoms with Gasteiger partial charge in [0.05, 0.1) is 5.56 Å². The minimum atomic E-state index is -0.870. The van der Waals surface area contributed by atoms with E-state index in [1.54, 1.807) is 12.1 Å². The Morgan fingerprint density at radius 1 is 1.29 bits per heavy atom. The molecule has 1 amide bonds. The van der Waals surface area contributed by atoms with Crippen molar-refractivity contribution in [3.8, 4) is 0 Å². The van der Waals surface area contributed by atoms with E-state index < -0.39 is 11.6 Å². The molecule has 2 N–H and O–H groups in total. The number of rotatable bonds is 3. The fraction of sp³-hybridized carbons (Fsp3) is 0.312. The zero-order valence-electron chi connectivity index (χ0n) is 12.5. The lowest BCUT2D eigenvalue weighted by molar-refractivity contribution is 0.0924. The molecule has 1 aliphatic rings. The van der Waals surface area contributed by atoms with Crippen LogP contribution in [0.4, 0.5) is 8.78 Å². The highest BCUT2D eigenvalue weighted by Crippen LogP contribution is 2.27. The van der Waals surface area contributed by atoms with Gasteiger partial charge in [-0.15, -0.1) is 12.4 Å². The standard InChI is InChI=1S/C16H15BrF2N2O2.ClH/c17-15-6-10(8-23-15)16(22)21-14-7-20-4-3-11(14)9-1-2-12(18)13(19)5-9;/h1-2,5-6,8,11,14,20H,3-4,7H2,(H,21,22);1H. The molecule has 0 aliphatic carbocycles. The number of amides is 1. The fourth-order valence-corrected chi connectivity index (χ4v) is 3.17. The molecule has 130 valence electrons. The van der Waals surface area contributed by atoms with Gasteiger partial charge in [-0.25, -0.2) is 8.78 Å². The summed E-state index contributed by atoms with van der Waals surface area (Å²) in [5, 5.41) is 6.14. The van der Waals surface area contributed by atoms with Gasteiger partial charge in [0.1, 0.15) is 6.26 Å². The van der Waals surface area contributed by atoms with Crippen LogP contribution in [-0.4, -0.2) is 25.0 Å². The summed E-state index contributed by atoms with van der Waals surface area (Å²) in [6, 6.07) is 5.27. The van der Waals surface area contributed by atoms with Crippen LogP contribution in [0.25, 0.3) is 0 Å². The van der Waals surface area contributed by atoms with Gasteiger partial charge in [0.25, 0.3) is 5.91 Å². The van der Waals surface area contributed by atoms with Crippen LogP contribution in [0, 0.1) is 11.6 Å². The van der Waals surface area contributed by atoms with Crippen LogP contribution in [-0.2, 0) is 0 Å². The van der Waals surface area contributed by atoms with Crippen LogP contribution in [0.5, 0.6) is 0 Å². The van der Waals surface area contributed by atoms with E-state index in [-0.39, 0.29) is 30.3 Å². The summed E-state index contributed by atoms with van der Waals surface area (Å²) in [6.45, 7) is 1.32. The third-order valence-corrected chi connectivity index (χ3v) is 4.42. The number of nitrogens with one attached hydrogen (secondary N) is 2. The van der Waals surface area contributed by atoms with Crippen molar-refractivity contribution < 1.29 is 18.0 Å². The molecular weight excluding hydrogens is 406 g/mol. The summed E-state index contributed by atoms with van der Waals surface area (Å²) in [4.78, 5) is 12.3. The van der Waals surface area contributed by atoms with E-state index in [0.717, 1.165) is 19.0 Å². The monoisotopic (exact) mass is 420 g/mol. The quantitative estimate of drug-likeness (QED) is 0.796. The number of carbonyl (C=O) groups is 1. The van der Waals surface area contributed by atoms with Gasteiger partial charge >= 0.3 is 0 Å². The van der Waals surface area contributed by atoms with Crippen molar-refractivity contribution in [2.75, 3.05) is 13.1 Å². The molecule has 0 spiro atoms. The molecule has 2 aromatic rings. The minimum Gasteiger partial charge on any atom is -0.457 e. The van der Waals surface area contributed by atoms with E-state index in [0.29, 0.717) is 22.3 Å². The maximum Gasteiger partial charge on any atom is 0.254 e. The molecule has 24 heavy (non-hydrogen) atoms. The highest BCUT2D eigenvalue weighted by atomic mass is 79.9. The number of piperidine rings is 1. The summed E-state index contributed by atoms with van der Waals surface area (Å²) >= 11 is 3.15. The Labute approximate surface area is 152 Å². The summed E-state index contributed by atoms with van der Waals surface area (Å²) in [5.74, 6) is -2.08. The second kappa shape index (κ2) is 8.09. The van der Waals surface area contributed by atoms with Gasteiger partial charge in [0.2, 0.25) is 0 Å². The van der Waals surface area contributed by atoms with Gasteiger partial charge < -0.3 is 15.1 Å². The first kappa shape index (κ1) is 18.9. The van der Waals surface area contributed by atoms with Crippen molar-refractivity contribution in [1.29, 1.82) is 0 Å². The van der Waals surface area contributed by atoms with Crippen molar-refractivity contribution in [3.63, 3.8) is 0 Å². The highest BCUT2D eigenvalue weighted by Gasteiger charge is 2.29. The molecule has 1 aromatic heterocycles. The topological polar surface area (TPSA) is 54.3 Å². The minimum absolute atomic E-state index is 0. The molecule has 0 radical (unpaired) electrons. The summed E-state index contributed by atoms with van der Waals surface area (Å²) in [5.41, 5.74) is 1.09. The normalized spacial score (nSPS) is 20.3. The van der Waals surface area contributed by atoms with Gasteiger partial charge in [-0.1, -0.05) is 6.07 Å². The maximum atomic E-state index is 13.5. The first-order chi connectivity index (χ1) is 11.0. The first-order valence-electron chi connectivity index (χ1n) is 7.25. The number of halogens is 4. The number of carbonyl (C=O) groups excluding carboxylic acids is 1. The predicted octanol–water partition coefficient (Wildman–Crippen LogP) is 3.62. The number of hydrogen-bond donors (Lipinski definition) is 2. The zero-order valence-corrected chi connectivity index (χ0v) is 14.9. The molecule has 1 saturated heterocycles. The largest absolute Gasteiger partial charge is 0.457 e. The number of hydrogen-bond acceptors (Lipinski definition) is 3. The van der Waals surface area contributed by atoms with Gasteiger partial charge in [-0.3, -0.25) is 4.79 Å². The number of furan rings is 1. The second-order valence-corrected chi connectivity index (χ2v) is 6.27. The average molecular weight is 422 g/mol. The molecule has 1 aromatic carbocycles. The van der Waals surface area contributed by atoms with Crippen molar-refractivity contribution in [2.45, 2.75) is 18.4 Å². The molecule has 0 bridgehead atoms. The highest BCUT2D eigenvalue weighted by molar-refractivity contribution is 9.10. The van der Waals surface area contributed by atoms with Crippen LogP contribution in [0.1, 0.15) is 28.3 Å². The van der Waals surface area contributed by atoms with Gasteiger partial charge in [0, 0.05) is 24.6 Å². The molecule has 0 saturated carbocycles. The van der Waals surface area contributed by atoms with Crippen molar-refractivity contribution in [3.05, 3.63) is 58.0 Å². The van der Waals surface area contributed by atoms with Gasteiger partial charge in [0.15, 0.2) is 16.3 Å². The lowest BCUT2D eigenvalue weighted by atomic mass is 9.86. The van der Waals surface area contributed by atoms with Crippen LogP contribution in [0.3, 0.4) is 0 Å². The molecule has 2 atom stereocenters. The van der Waals surface area contributed by atoms with Gasteiger partial charge in [-0.2, -0.15) is 0 Å². The lowest BCUT2D eigenvalue weighted by Gasteiger charge is -2.33. The lowest BCUT2D eigenvalue weighted by Crippen LogP contribution is -2.50. The van der Waals surface area contributed by atoms with E-state index >= 15 is 0 Å². The van der Waals surface area contributed by atoms with Crippen molar-refractivity contribution in [2.24, 2.45) is 0 Å². The summed E-state index contributed by atoms with van der Waals surface area (Å²) in [7, 11) is 0. The predicted molar refractivity (Wildman–Crippen MR) is 91.5 cm³/mol. The molecular formula is C16H16BrClF2N2O2. The van der Waals surface area contributed by atoms with E-state index in [1.807, 2.05) is 0 Å². The summed E-state index contributed by atoms with van der Waals surface area (Å²) < 4.78 is 32.2. The SMILES string of the molecule is Cl.O=C(NC1CNCCC1c1ccc(F)c(F)c1)c1coc(Br)c1. The molecule has 4 nitrogen and oxygen atoms in total. The number of benzene rings is 1. The van der Waals surface area contributed by atoms with E-state index in [1.165, 1.54) is 12.3 Å². The van der Waals surface area contributed by atoms with Crippen LogP contribution < -0.4 is 10.6 Å². The Bertz CT molecular complexity index is 726. The first-order valence-corrected chi connectivity index (χ1v) is 8.04. The Hall–Kier alpha value is -1.44.